The molecule has 1 aliphatic rings. The zero-order chi connectivity index (χ0) is 18.5. The summed E-state index contributed by atoms with van der Waals surface area (Å²) in [5.74, 6) is -0.149. The molecule has 1 amide bonds. The third-order valence-electron chi connectivity index (χ3n) is 4.44. The van der Waals surface area contributed by atoms with Gasteiger partial charge in [-0.25, -0.2) is 0 Å². The second-order valence-electron chi connectivity index (χ2n) is 6.07. The van der Waals surface area contributed by atoms with Gasteiger partial charge in [0.2, 0.25) is 0 Å². The van der Waals surface area contributed by atoms with Crippen LogP contribution in [0.5, 0.6) is 0 Å². The van der Waals surface area contributed by atoms with Crippen LogP contribution in [0.15, 0.2) is 47.6 Å². The molecular weight excluding hydrogens is 352 g/mol. The van der Waals surface area contributed by atoms with Crippen molar-refractivity contribution in [2.24, 2.45) is 0 Å². The van der Waals surface area contributed by atoms with Crippen molar-refractivity contribution >= 4 is 23.4 Å². The van der Waals surface area contributed by atoms with E-state index in [1.807, 2.05) is 12.1 Å². The molecule has 1 fully saturated rings. The van der Waals surface area contributed by atoms with E-state index in [2.05, 4.69) is 9.88 Å². The SMILES string of the molecule is CSc1ccc(C(=O)N2CCN(Cc3ccncc3)CC2)cc1[N+](=O)[O-]. The van der Waals surface area contributed by atoms with Gasteiger partial charge in [0.05, 0.1) is 9.82 Å². The lowest BCUT2D eigenvalue weighted by molar-refractivity contribution is -0.387. The van der Waals surface area contributed by atoms with Gasteiger partial charge in [-0.05, 0) is 36.1 Å². The molecule has 3 rings (SSSR count). The Balaban J connectivity index is 1.63. The van der Waals surface area contributed by atoms with Crippen LogP contribution in [-0.2, 0) is 6.54 Å². The summed E-state index contributed by atoms with van der Waals surface area (Å²) in [6.07, 6.45) is 5.34. The van der Waals surface area contributed by atoms with E-state index in [1.165, 1.54) is 23.4 Å². The number of amides is 1. The number of nitro benzene ring substituents is 1. The summed E-state index contributed by atoms with van der Waals surface area (Å²) < 4.78 is 0. The lowest BCUT2D eigenvalue weighted by Crippen LogP contribution is -2.48. The van der Waals surface area contributed by atoms with Crippen molar-refractivity contribution in [3.05, 3.63) is 64.0 Å². The van der Waals surface area contributed by atoms with Gasteiger partial charge in [0.25, 0.3) is 11.6 Å². The number of carbonyl (C=O) groups is 1. The van der Waals surface area contributed by atoms with Crippen molar-refractivity contribution in [2.45, 2.75) is 11.4 Å². The van der Waals surface area contributed by atoms with E-state index in [0.29, 0.717) is 23.5 Å². The summed E-state index contributed by atoms with van der Waals surface area (Å²) >= 11 is 1.30. The van der Waals surface area contributed by atoms with Crippen molar-refractivity contribution in [1.82, 2.24) is 14.8 Å². The summed E-state index contributed by atoms with van der Waals surface area (Å²) in [6.45, 7) is 3.61. The van der Waals surface area contributed by atoms with Gasteiger partial charge < -0.3 is 4.90 Å². The van der Waals surface area contributed by atoms with Crippen molar-refractivity contribution in [3.63, 3.8) is 0 Å². The van der Waals surface area contributed by atoms with E-state index in [0.717, 1.165) is 19.6 Å². The standard InChI is InChI=1S/C18H20N4O3S/c1-26-17-3-2-15(12-16(17)22(24)25)18(23)21-10-8-20(9-11-21)13-14-4-6-19-7-5-14/h2-7,12H,8-11,13H2,1H3. The number of carbonyl (C=O) groups excluding carboxylic acids is 1. The number of hydrogen-bond donors (Lipinski definition) is 0. The van der Waals surface area contributed by atoms with Crippen molar-refractivity contribution < 1.29 is 9.72 Å². The lowest BCUT2D eigenvalue weighted by atomic mass is 10.1. The van der Waals surface area contributed by atoms with E-state index < -0.39 is 4.92 Å². The molecule has 0 saturated carbocycles. The fourth-order valence-electron chi connectivity index (χ4n) is 3.00. The molecule has 136 valence electrons. The lowest BCUT2D eigenvalue weighted by Gasteiger charge is -2.34. The summed E-state index contributed by atoms with van der Waals surface area (Å²) in [5.41, 5.74) is 1.56. The van der Waals surface area contributed by atoms with Crippen LogP contribution < -0.4 is 0 Å². The first-order valence-corrected chi connectivity index (χ1v) is 9.54. The molecule has 26 heavy (non-hydrogen) atoms. The maximum Gasteiger partial charge on any atom is 0.283 e. The number of nitro groups is 1. The molecule has 0 atom stereocenters. The number of thioether (sulfide) groups is 1. The topological polar surface area (TPSA) is 79.6 Å². The first-order chi connectivity index (χ1) is 12.6. The number of pyridine rings is 1. The predicted molar refractivity (Wildman–Crippen MR) is 100 cm³/mol. The summed E-state index contributed by atoms with van der Waals surface area (Å²) in [4.78, 5) is 32.1. The van der Waals surface area contributed by atoms with Gasteiger partial charge >= 0.3 is 0 Å². The Morgan fingerprint density at radius 3 is 2.50 bits per heavy atom. The van der Waals surface area contributed by atoms with Crippen LogP contribution in [0.25, 0.3) is 0 Å². The van der Waals surface area contributed by atoms with Crippen molar-refractivity contribution in [3.8, 4) is 0 Å². The van der Waals surface area contributed by atoms with E-state index in [9.17, 15) is 14.9 Å². The molecule has 1 aromatic carbocycles. The minimum absolute atomic E-state index is 0.0142. The van der Waals surface area contributed by atoms with Gasteiger partial charge in [0, 0.05) is 56.7 Å². The Hall–Kier alpha value is -2.45. The molecule has 7 nitrogen and oxygen atoms in total. The zero-order valence-electron chi connectivity index (χ0n) is 14.5. The third-order valence-corrected chi connectivity index (χ3v) is 5.22. The van der Waals surface area contributed by atoms with Crippen molar-refractivity contribution in [1.29, 1.82) is 0 Å². The normalized spacial score (nSPS) is 15.0. The molecule has 0 spiro atoms. The predicted octanol–water partition coefficient (Wildman–Crippen LogP) is 2.67. The first-order valence-electron chi connectivity index (χ1n) is 8.31. The largest absolute Gasteiger partial charge is 0.336 e. The van der Waals surface area contributed by atoms with E-state index >= 15 is 0 Å². The highest BCUT2D eigenvalue weighted by atomic mass is 32.2. The molecule has 2 heterocycles. The monoisotopic (exact) mass is 372 g/mol. The van der Waals surface area contributed by atoms with Gasteiger partial charge in [-0.3, -0.25) is 24.8 Å². The summed E-state index contributed by atoms with van der Waals surface area (Å²) in [7, 11) is 0. The zero-order valence-corrected chi connectivity index (χ0v) is 15.3. The molecule has 0 N–H and O–H groups in total. The number of piperazine rings is 1. The van der Waals surface area contributed by atoms with Crippen LogP contribution in [-0.4, -0.2) is 58.0 Å². The second-order valence-corrected chi connectivity index (χ2v) is 6.92. The number of nitrogens with zero attached hydrogens (tertiary/aromatic N) is 4. The van der Waals surface area contributed by atoms with E-state index in [1.54, 1.807) is 35.7 Å². The molecule has 1 aromatic heterocycles. The van der Waals surface area contributed by atoms with E-state index in [-0.39, 0.29) is 11.6 Å². The average molecular weight is 372 g/mol. The molecular formula is C18H20N4O3S. The minimum Gasteiger partial charge on any atom is -0.336 e. The van der Waals surface area contributed by atoms with Crippen LogP contribution in [0, 0.1) is 10.1 Å². The smallest absolute Gasteiger partial charge is 0.283 e. The molecule has 0 bridgehead atoms. The highest BCUT2D eigenvalue weighted by molar-refractivity contribution is 7.98. The highest BCUT2D eigenvalue weighted by Gasteiger charge is 2.24. The Morgan fingerprint density at radius 1 is 1.19 bits per heavy atom. The van der Waals surface area contributed by atoms with Crippen LogP contribution in [0.1, 0.15) is 15.9 Å². The van der Waals surface area contributed by atoms with Crippen LogP contribution in [0.2, 0.25) is 0 Å². The van der Waals surface area contributed by atoms with Gasteiger partial charge in [-0.1, -0.05) is 0 Å². The fraction of sp³-hybridized carbons (Fsp3) is 0.333. The third kappa shape index (κ3) is 4.20. The Labute approximate surface area is 156 Å². The summed E-state index contributed by atoms with van der Waals surface area (Å²) in [5, 5.41) is 11.2. The fourth-order valence-corrected chi connectivity index (χ4v) is 3.55. The van der Waals surface area contributed by atoms with Crippen LogP contribution >= 0.6 is 11.8 Å². The van der Waals surface area contributed by atoms with Gasteiger partial charge in [0.15, 0.2) is 0 Å². The average Bonchev–Trinajstić information content (AvgIpc) is 2.68. The second kappa shape index (κ2) is 8.29. The molecule has 1 aliphatic heterocycles. The molecule has 2 aromatic rings. The molecule has 0 unspecified atom stereocenters. The Kier molecular flexibility index (Phi) is 5.85. The first kappa shape index (κ1) is 18.3. The number of benzene rings is 1. The highest BCUT2D eigenvalue weighted by Crippen LogP contribution is 2.28. The van der Waals surface area contributed by atoms with Gasteiger partial charge in [-0.15, -0.1) is 11.8 Å². The summed E-state index contributed by atoms with van der Waals surface area (Å²) in [6, 6.07) is 8.69. The maximum absolute atomic E-state index is 12.7. The van der Waals surface area contributed by atoms with Crippen LogP contribution in [0.3, 0.4) is 0 Å². The van der Waals surface area contributed by atoms with Gasteiger partial charge in [0.1, 0.15) is 0 Å². The number of rotatable bonds is 5. The van der Waals surface area contributed by atoms with Crippen LogP contribution in [0.4, 0.5) is 5.69 Å². The van der Waals surface area contributed by atoms with Gasteiger partial charge in [-0.2, -0.15) is 0 Å². The molecule has 0 radical (unpaired) electrons. The number of aromatic nitrogens is 1. The molecule has 0 aliphatic carbocycles. The Bertz CT molecular complexity index is 792. The minimum atomic E-state index is -0.435. The number of hydrogen-bond acceptors (Lipinski definition) is 6. The van der Waals surface area contributed by atoms with E-state index in [4.69, 9.17) is 0 Å². The molecule has 1 saturated heterocycles. The molecule has 8 heteroatoms. The Morgan fingerprint density at radius 2 is 1.88 bits per heavy atom. The quantitative estimate of drug-likeness (QED) is 0.456. The maximum atomic E-state index is 12.7. The van der Waals surface area contributed by atoms with Crippen molar-refractivity contribution in [2.75, 3.05) is 32.4 Å².